The highest BCUT2D eigenvalue weighted by atomic mass is 32.2. The second-order valence-corrected chi connectivity index (χ2v) is 7.17. The summed E-state index contributed by atoms with van der Waals surface area (Å²) in [4.78, 5) is 22.4. The highest BCUT2D eigenvalue weighted by Crippen LogP contribution is 2.26. The number of carbonyl (C=O) groups is 1. The van der Waals surface area contributed by atoms with Gasteiger partial charge in [0.15, 0.2) is 11.6 Å². The topological polar surface area (TPSA) is 95.9 Å². The summed E-state index contributed by atoms with van der Waals surface area (Å²) in [5.41, 5.74) is 8.28. The number of ketones is 1. The monoisotopic (exact) mass is 369 g/mol. The Morgan fingerprint density at radius 2 is 2.12 bits per heavy atom. The highest BCUT2D eigenvalue weighted by Gasteiger charge is 2.18. The molecule has 0 radical (unpaired) electrons. The molecule has 1 aromatic heterocycles. The van der Waals surface area contributed by atoms with Gasteiger partial charge in [-0.25, -0.2) is 4.98 Å². The summed E-state index contributed by atoms with van der Waals surface area (Å²) in [6.07, 6.45) is 2.15. The molecule has 136 valence electrons. The number of thioether (sulfide) groups is 1. The van der Waals surface area contributed by atoms with Crippen LogP contribution in [0, 0.1) is 11.3 Å². The van der Waals surface area contributed by atoms with Crippen LogP contribution in [0.25, 0.3) is 0 Å². The van der Waals surface area contributed by atoms with Gasteiger partial charge in [-0.15, -0.1) is 11.8 Å². The van der Waals surface area contributed by atoms with E-state index < -0.39 is 0 Å². The van der Waals surface area contributed by atoms with Gasteiger partial charge < -0.3 is 10.6 Å². The van der Waals surface area contributed by atoms with E-state index in [0.29, 0.717) is 28.7 Å². The molecule has 0 aliphatic heterocycles. The first-order valence-electron chi connectivity index (χ1n) is 8.29. The number of nitrogens with two attached hydrogens (primary N) is 1. The third kappa shape index (κ3) is 4.73. The van der Waals surface area contributed by atoms with Crippen LogP contribution in [0.1, 0.15) is 36.5 Å². The molecule has 0 atom stereocenters. The lowest BCUT2D eigenvalue weighted by atomic mass is 9.99. The van der Waals surface area contributed by atoms with E-state index in [0.717, 1.165) is 5.56 Å². The zero-order valence-corrected chi connectivity index (χ0v) is 16.3. The molecule has 7 heteroatoms. The van der Waals surface area contributed by atoms with Crippen LogP contribution in [0.2, 0.25) is 0 Å². The molecule has 6 nitrogen and oxygen atoms in total. The van der Waals surface area contributed by atoms with Crippen LogP contribution in [-0.2, 0) is 11.2 Å². The summed E-state index contributed by atoms with van der Waals surface area (Å²) in [5.74, 6) is 0.931. The van der Waals surface area contributed by atoms with E-state index in [1.165, 1.54) is 17.3 Å². The lowest BCUT2D eigenvalue weighted by molar-refractivity contribution is -0.117. The third-order valence-electron chi connectivity index (χ3n) is 3.97. The van der Waals surface area contributed by atoms with Gasteiger partial charge >= 0.3 is 0 Å². The fourth-order valence-electron chi connectivity index (χ4n) is 2.65. The zero-order chi connectivity index (χ0) is 19.3. The molecule has 0 saturated carbocycles. The smallest absolute Gasteiger partial charge is 0.223 e. The van der Waals surface area contributed by atoms with Crippen molar-refractivity contribution in [2.24, 2.45) is 0 Å². The lowest BCUT2D eigenvalue weighted by Gasteiger charge is -2.19. The van der Waals surface area contributed by atoms with Crippen molar-refractivity contribution in [1.82, 2.24) is 9.97 Å². The predicted molar refractivity (Wildman–Crippen MR) is 105 cm³/mol. The minimum Gasteiger partial charge on any atom is -0.368 e. The Morgan fingerprint density at radius 1 is 1.38 bits per heavy atom. The van der Waals surface area contributed by atoms with Gasteiger partial charge in [-0.2, -0.15) is 10.2 Å². The molecule has 2 aromatic rings. The summed E-state index contributed by atoms with van der Waals surface area (Å²) >= 11 is 1.33. The quantitative estimate of drug-likeness (QED) is 0.592. The average molecular weight is 369 g/mol. The normalized spacial score (nSPS) is 10.6. The van der Waals surface area contributed by atoms with Crippen LogP contribution in [0.3, 0.4) is 0 Å². The van der Waals surface area contributed by atoms with Crippen LogP contribution < -0.4 is 10.6 Å². The minimum atomic E-state index is 0.0418. The van der Waals surface area contributed by atoms with E-state index in [1.807, 2.05) is 18.4 Å². The summed E-state index contributed by atoms with van der Waals surface area (Å²) in [5, 5.41) is 9.94. The maximum Gasteiger partial charge on any atom is 0.223 e. The van der Waals surface area contributed by atoms with E-state index in [9.17, 15) is 10.1 Å². The number of benzene rings is 1. The van der Waals surface area contributed by atoms with Crippen LogP contribution in [0.4, 0.5) is 11.8 Å². The van der Waals surface area contributed by atoms with Crippen molar-refractivity contribution in [2.75, 3.05) is 30.5 Å². The number of likely N-dealkylation sites (N-methyl/N-ethyl adjacent to an activating group) is 1. The van der Waals surface area contributed by atoms with Crippen LogP contribution in [0.5, 0.6) is 0 Å². The van der Waals surface area contributed by atoms with Gasteiger partial charge in [0.1, 0.15) is 16.7 Å². The molecule has 26 heavy (non-hydrogen) atoms. The van der Waals surface area contributed by atoms with E-state index >= 15 is 0 Å². The molecule has 0 spiro atoms. The second-order valence-electron chi connectivity index (χ2n) is 6.37. The number of Topliss-reactive ketones (excluding diaryl/α,β-unsaturated/α-hetero) is 1. The maximum atomic E-state index is 12.5. The summed E-state index contributed by atoms with van der Waals surface area (Å²) in [6.45, 7) is 4.40. The van der Waals surface area contributed by atoms with Gasteiger partial charge in [-0.3, -0.25) is 4.79 Å². The average Bonchev–Trinajstić information content (AvgIpc) is 2.60. The minimum absolute atomic E-state index is 0.0418. The Balaban J connectivity index is 2.16. The molecule has 1 heterocycles. The molecule has 2 N–H and O–H groups in total. The number of nitrogen functional groups attached to an aromatic ring is 1. The van der Waals surface area contributed by atoms with Crippen molar-refractivity contribution in [2.45, 2.75) is 31.2 Å². The summed E-state index contributed by atoms with van der Waals surface area (Å²) < 4.78 is 0. The fraction of sp³-hybridized carbons (Fsp3) is 0.368. The van der Waals surface area contributed by atoms with Gasteiger partial charge in [0, 0.05) is 13.5 Å². The molecule has 1 aromatic carbocycles. The van der Waals surface area contributed by atoms with Gasteiger partial charge in [-0.05, 0) is 23.3 Å². The first-order valence-corrected chi connectivity index (χ1v) is 9.51. The van der Waals surface area contributed by atoms with Crippen molar-refractivity contribution in [1.29, 1.82) is 5.26 Å². The number of hydrogen-bond acceptors (Lipinski definition) is 7. The Hall–Kier alpha value is -2.59. The first-order chi connectivity index (χ1) is 12.3. The zero-order valence-electron chi connectivity index (χ0n) is 15.5. The number of hydrogen-bond donors (Lipinski definition) is 1. The van der Waals surface area contributed by atoms with E-state index in [4.69, 9.17) is 5.73 Å². The van der Waals surface area contributed by atoms with Crippen molar-refractivity contribution >= 4 is 29.3 Å². The van der Waals surface area contributed by atoms with Crippen LogP contribution in [0.15, 0.2) is 29.3 Å². The standard InChI is InChI=1S/C19H23N5OS/c1-12(2)14-7-5-6-13(8-14)9-15(25)11-24(3)17-16(10-20)18(26-4)23-19(21)22-17/h5-8,12H,9,11H2,1-4H3,(H2,21,22,23). The number of rotatable bonds is 7. The molecule has 0 fully saturated rings. The first kappa shape index (κ1) is 19.7. The number of nitriles is 1. The Labute approximate surface area is 158 Å². The van der Waals surface area contributed by atoms with Crippen molar-refractivity contribution < 1.29 is 4.79 Å². The van der Waals surface area contributed by atoms with Crippen LogP contribution in [-0.4, -0.2) is 35.6 Å². The number of nitrogens with zero attached hydrogens (tertiary/aromatic N) is 4. The largest absolute Gasteiger partial charge is 0.368 e. The molecule has 0 bridgehead atoms. The van der Waals surface area contributed by atoms with Crippen LogP contribution >= 0.6 is 11.8 Å². The van der Waals surface area contributed by atoms with E-state index in [2.05, 4.69) is 42.0 Å². The molecular formula is C19H23N5OS. The number of carbonyl (C=O) groups excluding carboxylic acids is 1. The summed E-state index contributed by atoms with van der Waals surface area (Å²) in [7, 11) is 1.73. The molecule has 0 saturated heterocycles. The summed E-state index contributed by atoms with van der Waals surface area (Å²) in [6, 6.07) is 10.2. The lowest BCUT2D eigenvalue weighted by Crippen LogP contribution is -2.28. The molecule has 2 rings (SSSR count). The Kier molecular flexibility index (Phi) is 6.58. The van der Waals surface area contributed by atoms with Gasteiger partial charge in [0.2, 0.25) is 5.95 Å². The number of aromatic nitrogens is 2. The Bertz CT molecular complexity index is 844. The molecule has 0 amide bonds. The molecule has 0 aliphatic rings. The van der Waals surface area contributed by atoms with Gasteiger partial charge in [0.25, 0.3) is 0 Å². The second kappa shape index (κ2) is 8.68. The SMILES string of the molecule is CSc1nc(N)nc(N(C)CC(=O)Cc2cccc(C(C)C)c2)c1C#N. The third-order valence-corrected chi connectivity index (χ3v) is 4.66. The van der Waals surface area contributed by atoms with Crippen molar-refractivity contribution in [3.05, 3.63) is 41.0 Å². The van der Waals surface area contributed by atoms with Crippen molar-refractivity contribution in [3.63, 3.8) is 0 Å². The Morgan fingerprint density at radius 3 is 2.73 bits per heavy atom. The molecule has 0 aliphatic carbocycles. The van der Waals surface area contributed by atoms with Crippen molar-refractivity contribution in [3.8, 4) is 6.07 Å². The predicted octanol–water partition coefficient (Wildman–Crippen LogP) is 3.02. The highest BCUT2D eigenvalue weighted by molar-refractivity contribution is 7.98. The molecular weight excluding hydrogens is 346 g/mol. The van der Waals surface area contributed by atoms with Gasteiger partial charge in [0.05, 0.1) is 6.54 Å². The van der Waals surface area contributed by atoms with Gasteiger partial charge in [-0.1, -0.05) is 38.1 Å². The number of anilines is 2. The van der Waals surface area contributed by atoms with E-state index in [-0.39, 0.29) is 18.3 Å². The van der Waals surface area contributed by atoms with E-state index in [1.54, 1.807) is 11.9 Å². The maximum absolute atomic E-state index is 12.5. The molecule has 0 unspecified atom stereocenters. The fourth-order valence-corrected chi connectivity index (χ4v) is 3.18.